The van der Waals surface area contributed by atoms with Crippen LogP contribution >= 0.6 is 0 Å². The van der Waals surface area contributed by atoms with Gasteiger partial charge in [0.25, 0.3) is 0 Å². The van der Waals surface area contributed by atoms with Gasteiger partial charge in [-0.25, -0.2) is 0 Å². The average molecular weight is 1290 g/mol. The molecule has 28 nitrogen and oxygen atoms in total. The lowest BCUT2D eigenvalue weighted by Gasteiger charge is -2.69. The Morgan fingerprint density at radius 3 is 1.70 bits per heavy atom. The van der Waals surface area contributed by atoms with Crippen LogP contribution in [-0.2, 0) is 61.8 Å². The summed E-state index contributed by atoms with van der Waals surface area (Å²) in [5, 5.41) is 149. The van der Waals surface area contributed by atoms with E-state index in [-0.39, 0.29) is 46.2 Å². The Labute approximate surface area is 524 Å². The molecular weight excluding hydrogens is 1190 g/mol. The molecule has 9 aliphatic rings. The summed E-state index contributed by atoms with van der Waals surface area (Å²) in [5.74, 6) is -0.614. The van der Waals surface area contributed by atoms with Gasteiger partial charge in [0.05, 0.1) is 45.2 Å². The van der Waals surface area contributed by atoms with Crippen LogP contribution in [0, 0.1) is 51.2 Å². The number of nitrogens with one attached hydrogen (secondary N) is 2. The number of allylic oxidation sites excluding steroid dienone is 2. The Kier molecular flexibility index (Phi) is 22.5. The van der Waals surface area contributed by atoms with Crippen molar-refractivity contribution in [2.24, 2.45) is 51.2 Å². The monoisotopic (exact) mass is 1290 g/mol. The van der Waals surface area contributed by atoms with Crippen molar-refractivity contribution in [3.05, 3.63) is 11.6 Å². The predicted molar refractivity (Wildman–Crippen MR) is 309 cm³/mol. The van der Waals surface area contributed by atoms with Gasteiger partial charge < -0.3 is 124 Å². The fourth-order valence-corrected chi connectivity index (χ4v) is 18.1. The van der Waals surface area contributed by atoms with Crippen LogP contribution in [0.25, 0.3) is 0 Å². The highest BCUT2D eigenvalue weighted by molar-refractivity contribution is 5.90. The predicted octanol–water partition coefficient (Wildman–Crippen LogP) is -2.75. The molecule has 0 radical (unpaired) electrons. The maximum Gasteiger partial charge on any atom is 0.217 e. The first-order valence-electron chi connectivity index (χ1n) is 32.1. The van der Waals surface area contributed by atoms with Crippen LogP contribution in [0.4, 0.5) is 0 Å². The summed E-state index contributed by atoms with van der Waals surface area (Å²) < 4.78 is 61.7. The van der Waals surface area contributed by atoms with Crippen LogP contribution in [0.5, 0.6) is 0 Å². The van der Waals surface area contributed by atoms with Gasteiger partial charge in [0.1, 0.15) is 110 Å². The maximum absolute atomic E-state index is 13.1. The molecule has 0 aromatic rings. The van der Waals surface area contributed by atoms with Gasteiger partial charge in [0.15, 0.2) is 37.2 Å². The van der Waals surface area contributed by atoms with Gasteiger partial charge in [-0.05, 0) is 116 Å². The minimum absolute atomic E-state index is 0.0403. The van der Waals surface area contributed by atoms with Crippen molar-refractivity contribution in [2.45, 2.75) is 274 Å². The van der Waals surface area contributed by atoms with Gasteiger partial charge in [0.2, 0.25) is 11.8 Å². The molecule has 0 bridgehead atoms. The molecule has 5 heterocycles. The van der Waals surface area contributed by atoms with Gasteiger partial charge in [-0.15, -0.1) is 0 Å². The van der Waals surface area contributed by atoms with Gasteiger partial charge >= 0.3 is 0 Å². The van der Waals surface area contributed by atoms with Crippen LogP contribution in [0.2, 0.25) is 0 Å². The van der Waals surface area contributed by atoms with Crippen LogP contribution in [0.1, 0.15) is 121 Å². The zero-order valence-electron chi connectivity index (χ0n) is 53.2. The Morgan fingerprint density at radius 2 is 1.09 bits per heavy atom. The van der Waals surface area contributed by atoms with Crippen molar-refractivity contribution in [1.29, 1.82) is 0 Å². The second kappa shape index (κ2) is 28.2. The lowest BCUT2D eigenvalue weighted by Crippen LogP contribution is -2.69. The number of fused-ring (bicyclic) bond motifs is 5. The molecule has 0 spiro atoms. The number of hydrogen-bond donors (Lipinski definition) is 15. The van der Waals surface area contributed by atoms with E-state index in [9.17, 15) is 80.8 Å². The molecule has 9 rings (SSSR count). The Balaban J connectivity index is 0.978. The molecule has 4 aliphatic carbocycles. The fraction of sp³-hybridized carbons (Fsp3) is 0.919. The molecule has 0 aromatic carbocycles. The van der Waals surface area contributed by atoms with Gasteiger partial charge in [-0.1, -0.05) is 47.1 Å². The molecule has 2 amide bonds. The van der Waals surface area contributed by atoms with Crippen molar-refractivity contribution >= 4 is 17.6 Å². The van der Waals surface area contributed by atoms with Crippen molar-refractivity contribution in [2.75, 3.05) is 33.0 Å². The maximum atomic E-state index is 13.1. The minimum atomic E-state index is -1.94. The number of ketones is 1. The van der Waals surface area contributed by atoms with E-state index >= 15 is 0 Å². The largest absolute Gasteiger partial charge is 0.394 e. The lowest BCUT2D eigenvalue weighted by atomic mass is 9.36. The van der Waals surface area contributed by atoms with E-state index in [2.05, 4.69) is 52.2 Å². The number of ether oxygens (including phenoxy) is 10. The summed E-state index contributed by atoms with van der Waals surface area (Å²) in [4.78, 5) is 38.5. The quantitative estimate of drug-likeness (QED) is 0.0460. The third-order valence-electron chi connectivity index (χ3n) is 22.6. The van der Waals surface area contributed by atoms with E-state index < -0.39 is 209 Å². The molecule has 9 fully saturated rings. The molecule has 4 saturated carbocycles. The topological polar surface area (TPSA) is 431 Å². The molecule has 5 aliphatic heterocycles. The molecule has 15 N–H and O–H groups in total. The van der Waals surface area contributed by atoms with Crippen molar-refractivity contribution in [1.82, 2.24) is 10.6 Å². The highest BCUT2D eigenvalue weighted by Crippen LogP contribution is 2.74. The van der Waals surface area contributed by atoms with Gasteiger partial charge in [0, 0.05) is 20.3 Å². The first kappa shape index (κ1) is 71.7. The number of hydrogen-bond acceptors (Lipinski definition) is 26. The minimum Gasteiger partial charge on any atom is -0.394 e. The van der Waals surface area contributed by atoms with E-state index in [1.54, 1.807) is 6.08 Å². The van der Waals surface area contributed by atoms with Crippen molar-refractivity contribution in [3.63, 3.8) is 0 Å². The van der Waals surface area contributed by atoms with E-state index in [0.29, 0.717) is 25.7 Å². The number of carbonyl (C=O) groups is 3. The number of aliphatic hydroxyl groups excluding tert-OH is 13. The molecule has 90 heavy (non-hydrogen) atoms. The van der Waals surface area contributed by atoms with Crippen LogP contribution in [0.15, 0.2) is 11.6 Å². The molecule has 0 aromatic heterocycles. The Bertz CT molecular complexity index is 2490. The number of aliphatic hydroxyl groups is 13. The summed E-state index contributed by atoms with van der Waals surface area (Å²) >= 11 is 0. The molecule has 516 valence electrons. The first-order valence-corrected chi connectivity index (χ1v) is 32.1. The average Bonchev–Trinajstić information content (AvgIpc) is 1.19. The van der Waals surface area contributed by atoms with Crippen molar-refractivity contribution < 1.29 is 128 Å². The van der Waals surface area contributed by atoms with E-state index in [1.165, 1.54) is 0 Å². The van der Waals surface area contributed by atoms with Gasteiger partial charge in [-0.2, -0.15) is 0 Å². The second-order valence-electron chi connectivity index (χ2n) is 28.9. The number of rotatable bonds is 19. The van der Waals surface area contributed by atoms with E-state index in [0.717, 1.165) is 45.1 Å². The first-order chi connectivity index (χ1) is 42.2. The van der Waals surface area contributed by atoms with Crippen molar-refractivity contribution in [3.8, 4) is 0 Å². The van der Waals surface area contributed by atoms with Crippen LogP contribution in [-0.4, -0.2) is 270 Å². The lowest BCUT2D eigenvalue weighted by molar-refractivity contribution is -0.376. The smallest absolute Gasteiger partial charge is 0.217 e. The van der Waals surface area contributed by atoms with Gasteiger partial charge in [-0.3, -0.25) is 14.4 Å². The molecule has 28 heteroatoms. The summed E-state index contributed by atoms with van der Waals surface area (Å²) in [6, 6.07) is -3.04. The summed E-state index contributed by atoms with van der Waals surface area (Å²) in [6.07, 6.45) is -29.4. The van der Waals surface area contributed by atoms with E-state index in [4.69, 9.17) is 47.4 Å². The normalized spacial score (nSPS) is 49.7. The Morgan fingerprint density at radius 1 is 0.556 bits per heavy atom. The zero-order valence-corrected chi connectivity index (χ0v) is 53.2. The summed E-state index contributed by atoms with van der Waals surface area (Å²) in [6.45, 7) is 16.3. The molecule has 2 unspecified atom stereocenters. The van der Waals surface area contributed by atoms with Crippen LogP contribution < -0.4 is 10.6 Å². The number of carbonyl (C=O) groups excluding carboxylic acids is 3. The van der Waals surface area contributed by atoms with E-state index in [1.807, 2.05) is 13.8 Å². The third kappa shape index (κ3) is 13.6. The summed E-state index contributed by atoms with van der Waals surface area (Å²) in [5.41, 5.74) is -0.445. The highest BCUT2D eigenvalue weighted by atomic mass is 16.8. The second-order valence-corrected chi connectivity index (χ2v) is 28.9. The summed E-state index contributed by atoms with van der Waals surface area (Å²) in [7, 11) is 0. The third-order valence-corrected chi connectivity index (χ3v) is 22.6. The van der Waals surface area contributed by atoms with Crippen LogP contribution in [0.3, 0.4) is 0 Å². The number of amides is 2. The molecular formula is C62H102N2O26. The molecule has 33 atom stereocenters. The fourth-order valence-electron chi connectivity index (χ4n) is 18.1. The zero-order chi connectivity index (χ0) is 66.0. The standard InChI is InChI=1S/C62H102N2O26/c1-25(2)17-29(69)18-26(3)30-11-12-37-61(9)15-13-36-59(6,7)40(14-16-60(36,8)38(61)19-39(71)62(30,37)10)88-58-53(47(76)35(24-83-58)87-54-41(63-27(4)67)48(77)44(73)32(20-65)84-54)89-55-42(64-28(5)68)49(78)46(75)34(86-55)23-82-57-52(43(72)31(70)22-81-57)90-56-51(80)50(79)45(74)33(21-66)85-56/h17,26,30-58,65-66,70-80H,11-16,18-24H2,1-10H3,(H,63,67)(H,64,68)/t26-,30-,31-,32-,33-,34-,35-,36?,37+,38?,39-,40+,41-,42-,43+,44+,45-,46-,47+,48-,49-,50+,51-,52-,53-,54+,55+,56+,57+,58+,60+,61+,62-/m1/s1. The SMILES string of the molecule is CC(=O)N[C@H]1[C@H](O[C@@H]2CO[C@@H](O[C@H]3CC[C@@]4(C)C(CC[C@]5(C)C4C[C@@H](O)[C@]4(C)[C@@H]([C@H](C)CC(=O)C=C(C)C)CC[C@H]45)C3(C)C)[C@H](O[C@@H]3O[C@H](CO[C@@H]4OC[C@@H](O)[C@H](O)[C@H]4O[C@@H]4O[C@H](CO)[C@@H](O)[C@H](O)[C@H]4O)[C@@H](O)[C@H](O)[C@H]3NC(C)=O)[C@H]2O)O[C@H](CO)[C@H](O)[C@@H]1O. The Hall–Kier alpha value is -2.57. The molecule has 5 saturated heterocycles. The highest BCUT2D eigenvalue weighted by Gasteiger charge is 2.70.